The summed E-state index contributed by atoms with van der Waals surface area (Å²) in [6.07, 6.45) is 3.03. The van der Waals surface area contributed by atoms with Gasteiger partial charge in [-0.2, -0.15) is 0 Å². The molecule has 1 aromatic carbocycles. The van der Waals surface area contributed by atoms with E-state index in [0.29, 0.717) is 10.7 Å². The summed E-state index contributed by atoms with van der Waals surface area (Å²) in [6.45, 7) is 1.97. The highest BCUT2D eigenvalue weighted by molar-refractivity contribution is 7.90. The second kappa shape index (κ2) is 4.42. The average molecular weight is 287 g/mol. The van der Waals surface area contributed by atoms with Gasteiger partial charge in [-0.15, -0.1) is 5.10 Å². The monoisotopic (exact) mass is 287 g/mol. The van der Waals surface area contributed by atoms with Crippen molar-refractivity contribution >= 4 is 15.5 Å². The summed E-state index contributed by atoms with van der Waals surface area (Å²) >= 11 is 0. The molecule has 2 heterocycles. The van der Waals surface area contributed by atoms with Gasteiger partial charge in [-0.3, -0.25) is 0 Å². The molecule has 0 aliphatic rings. The van der Waals surface area contributed by atoms with Crippen LogP contribution in [0.2, 0.25) is 0 Å². The fraction of sp³-hybridized carbons (Fsp3) is 0.143. The topological polar surface area (TPSA) is 64.3 Å². The Morgan fingerprint density at radius 3 is 2.40 bits per heavy atom. The van der Waals surface area contributed by atoms with Crippen LogP contribution >= 0.6 is 0 Å². The van der Waals surface area contributed by atoms with Crippen LogP contribution in [0.25, 0.3) is 17.0 Å². The molecule has 0 amide bonds. The third-order valence-electron chi connectivity index (χ3n) is 3.10. The van der Waals surface area contributed by atoms with E-state index in [4.69, 9.17) is 0 Å². The largest absolute Gasteiger partial charge is 0.224 e. The number of fused-ring (bicyclic) bond motifs is 1. The smallest absolute Gasteiger partial charge is 0.182 e. The highest BCUT2D eigenvalue weighted by atomic mass is 32.2. The Bertz CT molecular complexity index is 880. The standard InChI is InChI=1S/C14H13N3O2S/c1-10-4-3-9-17-14(10)15-13(16-17)11-5-7-12(8-6-11)20(2,18)19/h3-9H,1-2H3. The number of pyridine rings is 1. The van der Waals surface area contributed by atoms with Crippen LogP contribution in [0.3, 0.4) is 0 Å². The molecule has 2 aromatic heterocycles. The highest BCUT2D eigenvalue weighted by Gasteiger charge is 2.10. The van der Waals surface area contributed by atoms with Gasteiger partial charge in [0.15, 0.2) is 21.3 Å². The zero-order chi connectivity index (χ0) is 14.3. The first-order valence-electron chi connectivity index (χ1n) is 6.08. The zero-order valence-electron chi connectivity index (χ0n) is 11.1. The van der Waals surface area contributed by atoms with E-state index in [1.165, 1.54) is 6.26 Å². The van der Waals surface area contributed by atoms with Crippen molar-refractivity contribution in [2.24, 2.45) is 0 Å². The van der Waals surface area contributed by atoms with Crippen LogP contribution in [-0.4, -0.2) is 29.3 Å². The van der Waals surface area contributed by atoms with Crippen molar-refractivity contribution in [2.45, 2.75) is 11.8 Å². The lowest BCUT2D eigenvalue weighted by Gasteiger charge is -1.99. The van der Waals surface area contributed by atoms with E-state index in [0.717, 1.165) is 16.8 Å². The molecule has 0 radical (unpaired) electrons. The molecule has 6 heteroatoms. The minimum absolute atomic E-state index is 0.293. The number of nitrogens with zero attached hydrogens (tertiary/aromatic N) is 3. The van der Waals surface area contributed by atoms with Crippen LogP contribution in [0, 0.1) is 6.92 Å². The van der Waals surface area contributed by atoms with Crippen LogP contribution < -0.4 is 0 Å². The fourth-order valence-electron chi connectivity index (χ4n) is 2.01. The lowest BCUT2D eigenvalue weighted by Crippen LogP contribution is -1.96. The summed E-state index contributed by atoms with van der Waals surface area (Å²) in [5, 5.41) is 4.39. The summed E-state index contributed by atoms with van der Waals surface area (Å²) in [5.74, 6) is 0.583. The van der Waals surface area contributed by atoms with E-state index in [1.807, 2.05) is 25.3 Å². The van der Waals surface area contributed by atoms with E-state index in [9.17, 15) is 8.42 Å². The molecular formula is C14H13N3O2S. The van der Waals surface area contributed by atoms with Crippen molar-refractivity contribution < 1.29 is 8.42 Å². The van der Waals surface area contributed by atoms with E-state index in [-0.39, 0.29) is 0 Å². The molecule has 0 unspecified atom stereocenters. The summed E-state index contributed by atoms with van der Waals surface area (Å²) in [6, 6.07) is 10.5. The SMILES string of the molecule is Cc1cccn2nc(-c3ccc(S(C)(=O)=O)cc3)nc12. The maximum atomic E-state index is 11.4. The molecule has 0 N–H and O–H groups in total. The van der Waals surface area contributed by atoms with Gasteiger partial charge in [0.1, 0.15) is 0 Å². The molecule has 0 saturated heterocycles. The van der Waals surface area contributed by atoms with Gasteiger partial charge < -0.3 is 0 Å². The maximum absolute atomic E-state index is 11.4. The van der Waals surface area contributed by atoms with Crippen LogP contribution in [-0.2, 0) is 9.84 Å². The molecule has 0 aliphatic carbocycles. The first kappa shape index (κ1) is 12.8. The van der Waals surface area contributed by atoms with Crippen molar-refractivity contribution in [1.29, 1.82) is 0 Å². The number of hydrogen-bond acceptors (Lipinski definition) is 4. The summed E-state index contributed by atoms with van der Waals surface area (Å²) in [4.78, 5) is 4.77. The van der Waals surface area contributed by atoms with E-state index < -0.39 is 9.84 Å². The molecule has 3 aromatic rings. The minimum atomic E-state index is -3.18. The highest BCUT2D eigenvalue weighted by Crippen LogP contribution is 2.19. The first-order chi connectivity index (χ1) is 9.45. The Hall–Kier alpha value is -2.21. The summed E-state index contributed by atoms with van der Waals surface area (Å²) in [7, 11) is -3.18. The third-order valence-corrected chi connectivity index (χ3v) is 4.23. The number of aryl methyl sites for hydroxylation is 1. The molecule has 20 heavy (non-hydrogen) atoms. The van der Waals surface area contributed by atoms with Crippen LogP contribution in [0.1, 0.15) is 5.56 Å². The molecule has 0 bridgehead atoms. The molecular weight excluding hydrogens is 274 g/mol. The van der Waals surface area contributed by atoms with E-state index in [2.05, 4.69) is 10.1 Å². The quantitative estimate of drug-likeness (QED) is 0.724. The number of sulfone groups is 1. The molecule has 3 rings (SSSR count). The second-order valence-corrected chi connectivity index (χ2v) is 6.71. The lowest BCUT2D eigenvalue weighted by atomic mass is 10.2. The van der Waals surface area contributed by atoms with Gasteiger partial charge in [0.05, 0.1) is 4.90 Å². The Morgan fingerprint density at radius 2 is 1.80 bits per heavy atom. The summed E-state index contributed by atoms with van der Waals surface area (Å²) < 4.78 is 24.6. The lowest BCUT2D eigenvalue weighted by molar-refractivity contribution is 0.602. The van der Waals surface area contributed by atoms with Gasteiger partial charge in [-0.25, -0.2) is 17.9 Å². The fourth-order valence-corrected chi connectivity index (χ4v) is 2.64. The van der Waals surface area contributed by atoms with E-state index in [1.54, 1.807) is 28.8 Å². The summed E-state index contributed by atoms with van der Waals surface area (Å²) in [5.41, 5.74) is 2.63. The van der Waals surface area contributed by atoms with Gasteiger partial charge in [-0.1, -0.05) is 6.07 Å². The molecule has 5 nitrogen and oxygen atoms in total. The molecule has 0 spiro atoms. The molecule has 0 atom stereocenters. The van der Waals surface area contributed by atoms with Crippen molar-refractivity contribution in [1.82, 2.24) is 14.6 Å². The predicted octanol–water partition coefficient (Wildman–Crippen LogP) is 2.11. The van der Waals surface area contributed by atoms with Gasteiger partial charge >= 0.3 is 0 Å². The van der Waals surface area contributed by atoms with E-state index >= 15 is 0 Å². The predicted molar refractivity (Wildman–Crippen MR) is 76.3 cm³/mol. The Kier molecular flexibility index (Phi) is 2.83. The number of hydrogen-bond donors (Lipinski definition) is 0. The average Bonchev–Trinajstić information content (AvgIpc) is 2.83. The van der Waals surface area contributed by atoms with Gasteiger partial charge in [0.2, 0.25) is 0 Å². The molecule has 0 fully saturated rings. The Morgan fingerprint density at radius 1 is 1.10 bits per heavy atom. The van der Waals surface area contributed by atoms with Crippen LogP contribution in [0.4, 0.5) is 0 Å². The molecule has 0 saturated carbocycles. The Balaban J connectivity index is 2.09. The maximum Gasteiger partial charge on any atom is 0.182 e. The second-order valence-electron chi connectivity index (χ2n) is 4.69. The molecule has 0 aliphatic heterocycles. The molecule has 102 valence electrons. The number of benzene rings is 1. The number of rotatable bonds is 2. The van der Waals surface area contributed by atoms with Crippen LogP contribution in [0.15, 0.2) is 47.5 Å². The number of aromatic nitrogens is 3. The van der Waals surface area contributed by atoms with Gasteiger partial charge in [0, 0.05) is 18.0 Å². The van der Waals surface area contributed by atoms with Crippen molar-refractivity contribution in [3.63, 3.8) is 0 Å². The normalized spacial score (nSPS) is 11.9. The minimum Gasteiger partial charge on any atom is -0.224 e. The van der Waals surface area contributed by atoms with Crippen molar-refractivity contribution in [2.75, 3.05) is 6.26 Å². The van der Waals surface area contributed by atoms with Crippen molar-refractivity contribution in [3.8, 4) is 11.4 Å². The van der Waals surface area contributed by atoms with Crippen LogP contribution in [0.5, 0.6) is 0 Å². The van der Waals surface area contributed by atoms with Crippen molar-refractivity contribution in [3.05, 3.63) is 48.2 Å². The van der Waals surface area contributed by atoms with Gasteiger partial charge in [0.25, 0.3) is 0 Å². The van der Waals surface area contributed by atoms with Gasteiger partial charge in [-0.05, 0) is 42.8 Å². The first-order valence-corrected chi connectivity index (χ1v) is 7.97. The Labute approximate surface area is 116 Å². The third kappa shape index (κ3) is 2.18. The zero-order valence-corrected chi connectivity index (χ0v) is 11.9.